The number of carbonyl (C=O) groups is 4. The molecule has 0 aliphatic carbocycles. The van der Waals surface area contributed by atoms with Crippen LogP contribution in [-0.4, -0.2) is 186 Å². The zero-order chi connectivity index (χ0) is 36.4. The van der Waals surface area contributed by atoms with Crippen molar-refractivity contribution in [3.63, 3.8) is 0 Å². The third-order valence-corrected chi connectivity index (χ3v) is 11.8. The highest BCUT2D eigenvalue weighted by Crippen LogP contribution is 2.21. The van der Waals surface area contributed by atoms with E-state index in [0.29, 0.717) is 82.6 Å². The van der Waals surface area contributed by atoms with Gasteiger partial charge in [0, 0.05) is 62.6 Å². The first-order chi connectivity index (χ1) is 24.2. The molecule has 0 radical (unpaired) electrons. The van der Waals surface area contributed by atoms with Crippen LogP contribution in [0.3, 0.4) is 0 Å². The quantitative estimate of drug-likeness (QED) is 0.0526. The molecular weight excluding hydrogens is 705 g/mol. The van der Waals surface area contributed by atoms with Gasteiger partial charge in [0.1, 0.15) is 26.4 Å². The molecule has 0 bridgehead atoms. The molecule has 13 nitrogen and oxygen atoms in total. The molecule has 2 heterocycles. The minimum atomic E-state index is -0.255. The Labute approximate surface area is 312 Å². The van der Waals surface area contributed by atoms with Crippen LogP contribution in [0.25, 0.3) is 0 Å². The van der Waals surface area contributed by atoms with E-state index in [4.69, 9.17) is 23.7 Å². The number of ether oxygens (including phenoxy) is 5. The first-order valence-electron chi connectivity index (χ1n) is 17.9. The Morgan fingerprint density at radius 1 is 0.560 bits per heavy atom. The van der Waals surface area contributed by atoms with Crippen molar-refractivity contribution < 1.29 is 42.9 Å². The van der Waals surface area contributed by atoms with Crippen molar-refractivity contribution in [2.24, 2.45) is 0 Å². The molecule has 2 saturated heterocycles. The van der Waals surface area contributed by atoms with E-state index < -0.39 is 0 Å². The number of esters is 4. The van der Waals surface area contributed by atoms with Gasteiger partial charge in [-0.3, -0.25) is 29.0 Å². The first-order valence-corrected chi connectivity index (χ1v) is 21.8. The van der Waals surface area contributed by atoms with Gasteiger partial charge in [-0.2, -0.15) is 11.8 Å². The number of hydrogen-bond donors (Lipinski definition) is 0. The lowest BCUT2D eigenvalue weighted by Crippen LogP contribution is -2.45. The maximum absolute atomic E-state index is 12.5. The van der Waals surface area contributed by atoms with Gasteiger partial charge in [0.2, 0.25) is 0 Å². The Hall–Kier alpha value is -1.27. The molecule has 50 heavy (non-hydrogen) atoms. The van der Waals surface area contributed by atoms with Crippen LogP contribution < -0.4 is 0 Å². The molecule has 0 N–H and O–H groups in total. The summed E-state index contributed by atoms with van der Waals surface area (Å²) in [5, 5.41) is 0. The van der Waals surface area contributed by atoms with E-state index in [1.165, 1.54) is 0 Å². The average Bonchev–Trinajstić information content (AvgIpc) is 3.10. The summed E-state index contributed by atoms with van der Waals surface area (Å²) in [6, 6.07) is 0.675. The second-order valence-electron chi connectivity index (χ2n) is 12.7. The molecule has 0 unspecified atom stereocenters. The van der Waals surface area contributed by atoms with Gasteiger partial charge < -0.3 is 33.5 Å². The summed E-state index contributed by atoms with van der Waals surface area (Å²) in [5.74, 6) is 1.15. The van der Waals surface area contributed by atoms with Crippen LogP contribution in [0.15, 0.2) is 0 Å². The van der Waals surface area contributed by atoms with E-state index in [9.17, 15) is 19.2 Å². The highest BCUT2D eigenvalue weighted by atomic mass is 33.1. The van der Waals surface area contributed by atoms with E-state index in [-0.39, 0.29) is 49.7 Å². The molecule has 0 aromatic heterocycles. The molecule has 0 aromatic carbocycles. The predicted octanol–water partition coefficient (Wildman–Crippen LogP) is 2.90. The zero-order valence-corrected chi connectivity index (χ0v) is 33.3. The monoisotopic (exact) mass is 766 g/mol. The number of methoxy groups -OCH3 is 1. The van der Waals surface area contributed by atoms with E-state index >= 15 is 0 Å². The van der Waals surface area contributed by atoms with Crippen molar-refractivity contribution in [1.29, 1.82) is 0 Å². The Balaban J connectivity index is 1.59. The first kappa shape index (κ1) is 44.9. The number of thioether (sulfide) groups is 1. The van der Waals surface area contributed by atoms with Crippen LogP contribution in [-0.2, 0) is 42.9 Å². The van der Waals surface area contributed by atoms with Gasteiger partial charge in [0.15, 0.2) is 0 Å². The molecule has 2 rings (SSSR count). The lowest BCUT2D eigenvalue weighted by molar-refractivity contribution is -0.146. The summed E-state index contributed by atoms with van der Waals surface area (Å²) < 4.78 is 26.4. The molecule has 2 aliphatic rings. The highest BCUT2D eigenvalue weighted by molar-refractivity contribution is 8.76. The van der Waals surface area contributed by atoms with Gasteiger partial charge >= 0.3 is 23.9 Å². The molecular formula is C34H62N4O9S3. The van der Waals surface area contributed by atoms with E-state index in [1.807, 2.05) is 6.26 Å². The fourth-order valence-electron chi connectivity index (χ4n) is 5.88. The van der Waals surface area contributed by atoms with Crippen molar-refractivity contribution in [1.82, 2.24) is 19.6 Å². The van der Waals surface area contributed by atoms with Gasteiger partial charge in [-0.15, -0.1) is 0 Å². The minimum Gasteiger partial charge on any atom is -0.465 e. The fourth-order valence-corrected chi connectivity index (χ4v) is 7.78. The molecule has 0 aromatic rings. The van der Waals surface area contributed by atoms with Crippen molar-refractivity contribution in [3.8, 4) is 0 Å². The third-order valence-electron chi connectivity index (χ3n) is 8.87. The largest absolute Gasteiger partial charge is 0.465 e. The maximum Gasteiger partial charge on any atom is 0.307 e. The highest BCUT2D eigenvalue weighted by Gasteiger charge is 2.26. The van der Waals surface area contributed by atoms with Crippen molar-refractivity contribution in [2.75, 3.05) is 130 Å². The zero-order valence-electron chi connectivity index (χ0n) is 30.8. The van der Waals surface area contributed by atoms with Crippen LogP contribution in [0.4, 0.5) is 0 Å². The van der Waals surface area contributed by atoms with Gasteiger partial charge in [0.25, 0.3) is 0 Å². The summed E-state index contributed by atoms with van der Waals surface area (Å²) in [6.45, 7) is 7.93. The number of likely N-dealkylation sites (tertiary alicyclic amines) is 2. The molecule has 2 aliphatic heterocycles. The number of nitrogens with zero attached hydrogens (tertiary/aromatic N) is 4. The molecule has 0 saturated carbocycles. The molecule has 0 amide bonds. The summed E-state index contributed by atoms with van der Waals surface area (Å²) in [6.07, 6.45) is 7.18. The Morgan fingerprint density at radius 2 is 0.900 bits per heavy atom. The van der Waals surface area contributed by atoms with Gasteiger partial charge in [-0.1, -0.05) is 21.6 Å². The number of piperidine rings is 2. The third kappa shape index (κ3) is 21.3. The van der Waals surface area contributed by atoms with Crippen molar-refractivity contribution in [2.45, 2.75) is 63.5 Å². The van der Waals surface area contributed by atoms with Crippen LogP contribution >= 0.6 is 33.3 Å². The van der Waals surface area contributed by atoms with Crippen LogP contribution in [0.5, 0.6) is 0 Å². The molecule has 16 heteroatoms. The Kier molecular flexibility index (Phi) is 25.4. The molecule has 0 atom stereocenters. The van der Waals surface area contributed by atoms with E-state index in [1.54, 1.807) is 40.5 Å². The standard InChI is InChI=1S/C34H62N4O9S3/c1-35-13-5-29(6-14-35)37(17-9-31(39)44-22-21-43-3)19-11-33(41)46-24-27-49-50-28-25-47-34(42)12-20-38(30-7-15-36(2)16-8-30)18-10-32(40)45-23-26-48-4/h29-30H,5-28H2,1-4H3. The van der Waals surface area contributed by atoms with Gasteiger partial charge in [0.05, 0.1) is 32.3 Å². The second-order valence-corrected chi connectivity index (χ2v) is 16.3. The second kappa shape index (κ2) is 28.3. The lowest BCUT2D eigenvalue weighted by atomic mass is 10.0. The molecule has 0 spiro atoms. The number of hydrogen-bond acceptors (Lipinski definition) is 16. The van der Waals surface area contributed by atoms with Crippen LogP contribution in [0.1, 0.15) is 51.4 Å². The predicted molar refractivity (Wildman–Crippen MR) is 202 cm³/mol. The van der Waals surface area contributed by atoms with E-state index in [0.717, 1.165) is 57.6 Å². The minimum absolute atomic E-state index is 0.191. The van der Waals surface area contributed by atoms with E-state index in [2.05, 4.69) is 33.7 Å². The summed E-state index contributed by atoms with van der Waals surface area (Å²) >= 11 is 1.65. The van der Waals surface area contributed by atoms with Gasteiger partial charge in [-0.05, 0) is 72.2 Å². The number of rotatable bonds is 27. The van der Waals surface area contributed by atoms with Crippen molar-refractivity contribution in [3.05, 3.63) is 0 Å². The summed E-state index contributed by atoms with van der Waals surface area (Å²) in [7, 11) is 8.96. The molecule has 290 valence electrons. The SMILES string of the molecule is COCCOC(=O)CCN(CCC(=O)OCCSSCCOC(=O)CCN(CCC(=O)OCCSC)C1CCN(C)CC1)C1CCN(C)CC1. The van der Waals surface area contributed by atoms with Crippen LogP contribution in [0, 0.1) is 0 Å². The van der Waals surface area contributed by atoms with Gasteiger partial charge in [-0.25, -0.2) is 0 Å². The fraction of sp³-hybridized carbons (Fsp3) is 0.882. The van der Waals surface area contributed by atoms with Crippen molar-refractivity contribution >= 4 is 57.2 Å². The summed E-state index contributed by atoms with van der Waals surface area (Å²) in [4.78, 5) is 58.4. The Morgan fingerprint density at radius 3 is 1.24 bits per heavy atom. The van der Waals surface area contributed by atoms with Crippen LogP contribution in [0.2, 0.25) is 0 Å². The maximum atomic E-state index is 12.5. The topological polar surface area (TPSA) is 127 Å². The smallest absolute Gasteiger partial charge is 0.307 e. The summed E-state index contributed by atoms with van der Waals surface area (Å²) in [5.41, 5.74) is 0. The number of carbonyl (C=O) groups excluding carboxylic acids is 4. The normalized spacial score (nSPS) is 16.5. The average molecular weight is 767 g/mol. The molecule has 2 fully saturated rings. The Bertz CT molecular complexity index is 881. The lowest BCUT2D eigenvalue weighted by Gasteiger charge is -2.37.